The third-order valence-electron chi connectivity index (χ3n) is 6.06. The molecule has 0 bridgehead atoms. The predicted octanol–water partition coefficient (Wildman–Crippen LogP) is 5.74. The molecule has 32 heavy (non-hydrogen) atoms. The van der Waals surface area contributed by atoms with Gasteiger partial charge in [0.25, 0.3) is 0 Å². The maximum atomic E-state index is 11.6. The van der Waals surface area contributed by atoms with Gasteiger partial charge in [-0.1, -0.05) is 61.9 Å². The average molecular weight is 429 g/mol. The first kappa shape index (κ1) is 21.8. The van der Waals surface area contributed by atoms with E-state index >= 15 is 0 Å². The first-order valence-electron chi connectivity index (χ1n) is 11.0. The van der Waals surface area contributed by atoms with Gasteiger partial charge in [0.2, 0.25) is 0 Å². The number of carbonyl (C=O) groups is 1. The largest absolute Gasteiger partial charge is 0.478 e. The highest BCUT2D eigenvalue weighted by molar-refractivity contribution is 5.96. The van der Waals surface area contributed by atoms with Crippen LogP contribution >= 0.6 is 0 Å². The van der Waals surface area contributed by atoms with Crippen LogP contribution in [-0.2, 0) is 6.42 Å². The number of aromatic nitrogens is 2. The first-order valence-corrected chi connectivity index (χ1v) is 11.0. The molecule has 0 amide bonds. The van der Waals surface area contributed by atoms with E-state index < -0.39 is 12.1 Å². The van der Waals surface area contributed by atoms with Crippen LogP contribution in [0.15, 0.2) is 60.7 Å². The first-order chi connectivity index (χ1) is 15.4. The van der Waals surface area contributed by atoms with Gasteiger partial charge in [0.1, 0.15) is 11.8 Å². The number of fused-ring (bicyclic) bond motifs is 1. The number of carboxylic acid groups (broad SMARTS) is 1. The Morgan fingerprint density at radius 1 is 1.03 bits per heavy atom. The molecule has 0 fully saturated rings. The van der Waals surface area contributed by atoms with Crippen molar-refractivity contribution in [2.45, 2.75) is 46.1 Å². The molecule has 2 aromatic carbocycles. The minimum absolute atomic E-state index is 0.259. The van der Waals surface area contributed by atoms with Crippen molar-refractivity contribution in [2.24, 2.45) is 0 Å². The number of hydrogen-bond acceptors (Lipinski definition) is 3. The molecule has 4 aromatic rings. The molecule has 0 spiro atoms. The van der Waals surface area contributed by atoms with Gasteiger partial charge in [0.15, 0.2) is 0 Å². The van der Waals surface area contributed by atoms with Crippen molar-refractivity contribution in [1.82, 2.24) is 9.38 Å². The molecular weight excluding hydrogens is 400 g/mol. The molecule has 1 atom stereocenters. The SMILES string of the molecule is CCCCc1nc2c(C)ccc(C(O)c3ccc(-c4ccccc4C(=O)O)cc3)n2c1C. The molecule has 0 saturated carbocycles. The molecule has 0 aliphatic rings. The number of pyridine rings is 1. The van der Waals surface area contributed by atoms with Gasteiger partial charge in [0.05, 0.1) is 17.0 Å². The smallest absolute Gasteiger partial charge is 0.336 e. The topological polar surface area (TPSA) is 74.8 Å². The number of benzene rings is 2. The Hall–Kier alpha value is -3.44. The van der Waals surface area contributed by atoms with E-state index in [9.17, 15) is 15.0 Å². The van der Waals surface area contributed by atoms with E-state index in [1.54, 1.807) is 18.2 Å². The number of aliphatic hydroxyl groups excluding tert-OH is 1. The van der Waals surface area contributed by atoms with Crippen molar-refractivity contribution < 1.29 is 15.0 Å². The number of imidazole rings is 1. The Morgan fingerprint density at radius 2 is 1.75 bits per heavy atom. The fourth-order valence-electron chi connectivity index (χ4n) is 4.22. The van der Waals surface area contributed by atoms with Crippen LogP contribution in [0, 0.1) is 13.8 Å². The fourth-order valence-corrected chi connectivity index (χ4v) is 4.22. The maximum absolute atomic E-state index is 11.6. The highest BCUT2D eigenvalue weighted by Gasteiger charge is 2.19. The number of aromatic carboxylic acids is 1. The second kappa shape index (κ2) is 8.97. The van der Waals surface area contributed by atoms with Gasteiger partial charge in [-0.2, -0.15) is 0 Å². The molecule has 0 radical (unpaired) electrons. The van der Waals surface area contributed by atoms with Crippen molar-refractivity contribution in [1.29, 1.82) is 0 Å². The highest BCUT2D eigenvalue weighted by atomic mass is 16.4. The zero-order valence-corrected chi connectivity index (χ0v) is 18.7. The van der Waals surface area contributed by atoms with Crippen molar-refractivity contribution in [3.63, 3.8) is 0 Å². The fraction of sp³-hybridized carbons (Fsp3) is 0.259. The molecule has 164 valence electrons. The van der Waals surface area contributed by atoms with Crippen LogP contribution in [0.4, 0.5) is 0 Å². The number of hydrogen-bond donors (Lipinski definition) is 2. The minimum Gasteiger partial charge on any atom is -0.478 e. The Kier molecular flexibility index (Phi) is 6.10. The maximum Gasteiger partial charge on any atom is 0.336 e. The molecule has 4 rings (SSSR count). The third kappa shape index (κ3) is 3.92. The summed E-state index contributed by atoms with van der Waals surface area (Å²) in [4.78, 5) is 16.4. The molecule has 2 aromatic heterocycles. The van der Waals surface area contributed by atoms with Gasteiger partial charge >= 0.3 is 5.97 Å². The molecular formula is C27H28N2O3. The normalized spacial score (nSPS) is 12.2. The monoisotopic (exact) mass is 428 g/mol. The lowest BCUT2D eigenvalue weighted by Crippen LogP contribution is -2.08. The quantitative estimate of drug-likeness (QED) is 0.394. The van der Waals surface area contributed by atoms with Crippen LogP contribution in [0.25, 0.3) is 16.8 Å². The van der Waals surface area contributed by atoms with E-state index in [-0.39, 0.29) is 5.56 Å². The van der Waals surface area contributed by atoms with Gasteiger partial charge in [0, 0.05) is 5.69 Å². The number of nitrogens with zero attached hydrogens (tertiary/aromatic N) is 2. The summed E-state index contributed by atoms with van der Waals surface area (Å²) in [5.74, 6) is -0.957. The number of aliphatic hydroxyl groups is 1. The number of unbranched alkanes of at least 4 members (excludes halogenated alkanes) is 1. The van der Waals surface area contributed by atoms with E-state index in [2.05, 4.69) is 18.2 Å². The van der Waals surface area contributed by atoms with Crippen molar-refractivity contribution in [3.05, 3.63) is 94.4 Å². The number of aryl methyl sites for hydroxylation is 3. The van der Waals surface area contributed by atoms with Crippen LogP contribution in [0.1, 0.15) is 64.4 Å². The summed E-state index contributed by atoms with van der Waals surface area (Å²) in [6, 6.07) is 18.3. The third-order valence-corrected chi connectivity index (χ3v) is 6.06. The summed E-state index contributed by atoms with van der Waals surface area (Å²) in [6.45, 7) is 6.27. The summed E-state index contributed by atoms with van der Waals surface area (Å²) in [7, 11) is 0. The molecule has 0 saturated heterocycles. The van der Waals surface area contributed by atoms with Crippen LogP contribution in [0.3, 0.4) is 0 Å². The number of carboxylic acids is 1. The van der Waals surface area contributed by atoms with Gasteiger partial charge < -0.3 is 10.2 Å². The van der Waals surface area contributed by atoms with Crippen LogP contribution in [0.2, 0.25) is 0 Å². The predicted molar refractivity (Wildman–Crippen MR) is 126 cm³/mol. The second-order valence-electron chi connectivity index (χ2n) is 8.22. The Labute approximate surface area is 188 Å². The average Bonchev–Trinajstić information content (AvgIpc) is 3.15. The Bertz CT molecular complexity index is 1270. The van der Waals surface area contributed by atoms with Crippen LogP contribution in [-0.4, -0.2) is 25.6 Å². The van der Waals surface area contributed by atoms with Crippen LogP contribution in [0.5, 0.6) is 0 Å². The van der Waals surface area contributed by atoms with E-state index in [1.165, 1.54) is 0 Å². The zero-order valence-electron chi connectivity index (χ0n) is 18.7. The zero-order chi connectivity index (χ0) is 22.8. The van der Waals surface area contributed by atoms with Crippen molar-refractivity contribution >= 4 is 11.6 Å². The summed E-state index contributed by atoms with van der Waals surface area (Å²) in [5.41, 5.74) is 7.35. The molecule has 2 heterocycles. The van der Waals surface area contributed by atoms with Crippen LogP contribution < -0.4 is 0 Å². The Morgan fingerprint density at radius 3 is 2.44 bits per heavy atom. The molecule has 5 heteroatoms. The lowest BCUT2D eigenvalue weighted by atomic mass is 9.97. The molecule has 5 nitrogen and oxygen atoms in total. The van der Waals surface area contributed by atoms with Gasteiger partial charge in [-0.25, -0.2) is 9.78 Å². The van der Waals surface area contributed by atoms with E-state index in [0.717, 1.165) is 58.7 Å². The molecule has 0 aliphatic carbocycles. The van der Waals surface area contributed by atoms with Crippen molar-refractivity contribution in [3.8, 4) is 11.1 Å². The standard InChI is InChI=1S/C27H28N2O3/c1-4-5-10-23-18(3)29-24(16-11-17(2)26(29)28-23)25(30)20-14-12-19(13-15-20)21-8-6-7-9-22(21)27(31)32/h6-9,11-16,25,30H,4-5,10H2,1-3H3,(H,31,32). The summed E-state index contributed by atoms with van der Waals surface area (Å²) >= 11 is 0. The molecule has 2 N–H and O–H groups in total. The summed E-state index contributed by atoms with van der Waals surface area (Å²) in [6.07, 6.45) is 2.30. The van der Waals surface area contributed by atoms with Gasteiger partial charge in [-0.3, -0.25) is 4.40 Å². The van der Waals surface area contributed by atoms with Crippen molar-refractivity contribution in [2.75, 3.05) is 0 Å². The lowest BCUT2D eigenvalue weighted by Gasteiger charge is -2.16. The summed E-state index contributed by atoms with van der Waals surface area (Å²) in [5, 5.41) is 20.7. The minimum atomic E-state index is -0.957. The molecule has 0 aliphatic heterocycles. The van der Waals surface area contributed by atoms with E-state index in [4.69, 9.17) is 4.98 Å². The number of rotatable bonds is 7. The summed E-state index contributed by atoms with van der Waals surface area (Å²) < 4.78 is 2.07. The van der Waals surface area contributed by atoms with E-state index in [1.807, 2.05) is 49.4 Å². The second-order valence-corrected chi connectivity index (χ2v) is 8.22. The van der Waals surface area contributed by atoms with Gasteiger partial charge in [-0.05, 0) is 61.1 Å². The van der Waals surface area contributed by atoms with E-state index in [0.29, 0.717) is 5.56 Å². The lowest BCUT2D eigenvalue weighted by molar-refractivity contribution is 0.0697. The Balaban J connectivity index is 1.72. The molecule has 1 unspecified atom stereocenters. The van der Waals surface area contributed by atoms with Gasteiger partial charge in [-0.15, -0.1) is 0 Å². The highest BCUT2D eigenvalue weighted by Crippen LogP contribution is 2.30.